The van der Waals surface area contributed by atoms with Gasteiger partial charge in [-0.3, -0.25) is 0 Å². The van der Waals surface area contributed by atoms with Crippen molar-refractivity contribution in [1.82, 2.24) is 14.6 Å². The Kier molecular flexibility index (Phi) is 3.12. The second-order valence-electron chi connectivity index (χ2n) is 4.25. The molecule has 1 unspecified atom stereocenters. The van der Waals surface area contributed by atoms with Crippen LogP contribution in [0.25, 0.3) is 5.65 Å². The third-order valence-corrected chi connectivity index (χ3v) is 2.92. The van der Waals surface area contributed by atoms with Gasteiger partial charge in [-0.05, 0) is 11.6 Å². The molecule has 0 spiro atoms. The number of rotatable bonds is 4. The van der Waals surface area contributed by atoms with Crippen molar-refractivity contribution in [2.45, 2.75) is 6.10 Å². The number of nitrogens with one attached hydrogen (secondary N) is 1. The Balaban J connectivity index is 1.68. The average Bonchev–Trinajstić information content (AvgIpc) is 2.93. The number of benzene rings is 1. The number of anilines is 1. The molecule has 0 saturated heterocycles. The van der Waals surface area contributed by atoms with E-state index >= 15 is 0 Å². The van der Waals surface area contributed by atoms with Crippen molar-refractivity contribution >= 4 is 11.5 Å². The van der Waals surface area contributed by atoms with Gasteiger partial charge in [0.1, 0.15) is 5.82 Å². The summed E-state index contributed by atoms with van der Waals surface area (Å²) in [4.78, 5) is 4.38. The van der Waals surface area contributed by atoms with Crippen molar-refractivity contribution in [3.63, 3.8) is 0 Å². The van der Waals surface area contributed by atoms with Crippen molar-refractivity contribution in [3.8, 4) is 0 Å². The van der Waals surface area contributed by atoms with Crippen LogP contribution in [0.1, 0.15) is 11.7 Å². The first-order valence-electron chi connectivity index (χ1n) is 6.10. The SMILES string of the molecule is OC(CNc1ccn2nccc2n1)c1ccccc1. The molecule has 0 fully saturated rings. The van der Waals surface area contributed by atoms with Gasteiger partial charge in [-0.15, -0.1) is 0 Å². The standard InChI is InChI=1S/C14H14N4O/c19-12(11-4-2-1-3-5-11)10-15-13-7-9-18-14(17-13)6-8-16-18/h1-9,12,19H,10H2,(H,15,17). The van der Waals surface area contributed by atoms with Crippen LogP contribution in [0.2, 0.25) is 0 Å². The summed E-state index contributed by atoms with van der Waals surface area (Å²) < 4.78 is 1.69. The van der Waals surface area contributed by atoms with Crippen LogP contribution in [0, 0.1) is 0 Å². The quantitative estimate of drug-likeness (QED) is 0.746. The highest BCUT2D eigenvalue weighted by Crippen LogP contribution is 2.13. The minimum atomic E-state index is -0.552. The van der Waals surface area contributed by atoms with E-state index in [-0.39, 0.29) is 0 Å². The van der Waals surface area contributed by atoms with Gasteiger partial charge in [0.25, 0.3) is 0 Å². The second kappa shape index (κ2) is 5.07. The molecule has 5 heteroatoms. The number of fused-ring (bicyclic) bond motifs is 1. The highest BCUT2D eigenvalue weighted by atomic mass is 16.3. The normalized spacial score (nSPS) is 12.5. The molecule has 2 N–H and O–H groups in total. The van der Waals surface area contributed by atoms with Crippen LogP contribution in [-0.4, -0.2) is 26.2 Å². The summed E-state index contributed by atoms with van der Waals surface area (Å²) in [6.07, 6.45) is 2.98. The molecule has 1 aromatic carbocycles. The van der Waals surface area contributed by atoms with Gasteiger partial charge in [0, 0.05) is 18.8 Å². The summed E-state index contributed by atoms with van der Waals surface area (Å²) in [7, 11) is 0. The number of aliphatic hydroxyl groups excluding tert-OH is 1. The Labute approximate surface area is 110 Å². The monoisotopic (exact) mass is 254 g/mol. The zero-order chi connectivity index (χ0) is 13.1. The summed E-state index contributed by atoms with van der Waals surface area (Å²) in [6.45, 7) is 0.418. The van der Waals surface area contributed by atoms with Gasteiger partial charge in [-0.1, -0.05) is 30.3 Å². The van der Waals surface area contributed by atoms with Crippen LogP contribution in [0.4, 0.5) is 5.82 Å². The topological polar surface area (TPSA) is 62.5 Å². The Morgan fingerprint density at radius 3 is 2.84 bits per heavy atom. The Bertz CT molecular complexity index is 665. The third-order valence-electron chi connectivity index (χ3n) is 2.92. The smallest absolute Gasteiger partial charge is 0.157 e. The zero-order valence-corrected chi connectivity index (χ0v) is 10.3. The van der Waals surface area contributed by atoms with Gasteiger partial charge in [0.2, 0.25) is 0 Å². The summed E-state index contributed by atoms with van der Waals surface area (Å²) in [5, 5.41) is 17.2. The molecule has 0 saturated carbocycles. The maximum Gasteiger partial charge on any atom is 0.157 e. The summed E-state index contributed by atoms with van der Waals surface area (Å²) >= 11 is 0. The van der Waals surface area contributed by atoms with Gasteiger partial charge in [-0.2, -0.15) is 5.10 Å². The lowest BCUT2D eigenvalue weighted by Crippen LogP contribution is -2.13. The van der Waals surface area contributed by atoms with Crippen LogP contribution in [0.3, 0.4) is 0 Å². The largest absolute Gasteiger partial charge is 0.387 e. The molecule has 5 nitrogen and oxygen atoms in total. The van der Waals surface area contributed by atoms with Gasteiger partial charge < -0.3 is 10.4 Å². The molecule has 19 heavy (non-hydrogen) atoms. The molecule has 0 aliphatic carbocycles. The van der Waals surface area contributed by atoms with Gasteiger partial charge in [0.05, 0.1) is 12.3 Å². The van der Waals surface area contributed by atoms with E-state index in [2.05, 4.69) is 15.4 Å². The lowest BCUT2D eigenvalue weighted by molar-refractivity contribution is 0.191. The molecule has 0 bridgehead atoms. The number of aromatic nitrogens is 3. The average molecular weight is 254 g/mol. The fraction of sp³-hybridized carbons (Fsp3) is 0.143. The highest BCUT2D eigenvalue weighted by Gasteiger charge is 2.07. The predicted molar refractivity (Wildman–Crippen MR) is 72.9 cm³/mol. The highest BCUT2D eigenvalue weighted by molar-refractivity contribution is 5.45. The molecule has 0 radical (unpaired) electrons. The maximum atomic E-state index is 10.0. The van der Waals surface area contributed by atoms with E-state index in [1.165, 1.54) is 0 Å². The maximum absolute atomic E-state index is 10.0. The van der Waals surface area contributed by atoms with Crippen LogP contribution in [0.5, 0.6) is 0 Å². The van der Waals surface area contributed by atoms with Crippen LogP contribution in [0.15, 0.2) is 54.9 Å². The van der Waals surface area contributed by atoms with Gasteiger partial charge in [-0.25, -0.2) is 9.50 Å². The summed E-state index contributed by atoms with van der Waals surface area (Å²) in [5.74, 6) is 0.725. The zero-order valence-electron chi connectivity index (χ0n) is 10.3. The molecule has 3 rings (SSSR count). The van der Waals surface area contributed by atoms with E-state index in [1.807, 2.05) is 48.7 Å². The first kappa shape index (κ1) is 11.7. The van der Waals surface area contributed by atoms with Crippen molar-refractivity contribution < 1.29 is 5.11 Å². The minimum Gasteiger partial charge on any atom is -0.387 e. The van der Waals surface area contributed by atoms with E-state index in [1.54, 1.807) is 10.7 Å². The van der Waals surface area contributed by atoms with Crippen LogP contribution >= 0.6 is 0 Å². The Morgan fingerprint density at radius 2 is 2.00 bits per heavy atom. The molecule has 0 amide bonds. The third kappa shape index (κ3) is 2.56. The van der Waals surface area contributed by atoms with E-state index in [9.17, 15) is 5.11 Å². The molecule has 2 aromatic heterocycles. The minimum absolute atomic E-state index is 0.418. The molecule has 2 heterocycles. The van der Waals surface area contributed by atoms with Crippen molar-refractivity contribution in [1.29, 1.82) is 0 Å². The van der Waals surface area contributed by atoms with E-state index in [4.69, 9.17) is 0 Å². The van der Waals surface area contributed by atoms with Crippen LogP contribution < -0.4 is 5.32 Å². The van der Waals surface area contributed by atoms with E-state index < -0.39 is 6.10 Å². The Morgan fingerprint density at radius 1 is 1.16 bits per heavy atom. The molecule has 1 atom stereocenters. The lowest BCUT2D eigenvalue weighted by Gasteiger charge is -2.12. The number of nitrogens with zero attached hydrogens (tertiary/aromatic N) is 3. The molecule has 0 aliphatic rings. The molecule has 0 aliphatic heterocycles. The number of hydrogen-bond donors (Lipinski definition) is 2. The molecule has 3 aromatic rings. The fourth-order valence-corrected chi connectivity index (χ4v) is 1.91. The van der Waals surface area contributed by atoms with Crippen molar-refractivity contribution in [3.05, 3.63) is 60.4 Å². The van der Waals surface area contributed by atoms with Crippen molar-refractivity contribution in [2.75, 3.05) is 11.9 Å². The van der Waals surface area contributed by atoms with E-state index in [0.717, 1.165) is 17.0 Å². The van der Waals surface area contributed by atoms with Crippen LogP contribution in [-0.2, 0) is 0 Å². The summed E-state index contributed by atoms with van der Waals surface area (Å²) in [6, 6.07) is 13.2. The summed E-state index contributed by atoms with van der Waals surface area (Å²) in [5.41, 5.74) is 1.67. The lowest BCUT2D eigenvalue weighted by atomic mass is 10.1. The fourth-order valence-electron chi connectivity index (χ4n) is 1.91. The van der Waals surface area contributed by atoms with Gasteiger partial charge in [0.15, 0.2) is 5.65 Å². The van der Waals surface area contributed by atoms with E-state index in [0.29, 0.717) is 6.54 Å². The predicted octanol–water partition coefficient (Wildman–Crippen LogP) is 1.87. The number of aliphatic hydroxyl groups is 1. The number of hydrogen-bond acceptors (Lipinski definition) is 4. The Hall–Kier alpha value is -2.40. The van der Waals surface area contributed by atoms with Crippen molar-refractivity contribution in [2.24, 2.45) is 0 Å². The first-order chi connectivity index (χ1) is 9.33. The van der Waals surface area contributed by atoms with Gasteiger partial charge >= 0.3 is 0 Å². The first-order valence-corrected chi connectivity index (χ1v) is 6.10. The second-order valence-corrected chi connectivity index (χ2v) is 4.25. The molecular formula is C14H14N4O. The molecular weight excluding hydrogens is 240 g/mol. The molecule has 96 valence electrons.